The van der Waals surface area contributed by atoms with Gasteiger partial charge in [-0.2, -0.15) is 0 Å². The Labute approximate surface area is 93.6 Å². The second-order valence-electron chi connectivity index (χ2n) is 4.53. The van der Waals surface area contributed by atoms with Crippen molar-refractivity contribution in [1.82, 2.24) is 0 Å². The van der Waals surface area contributed by atoms with E-state index >= 15 is 0 Å². The molecule has 0 saturated heterocycles. The molecule has 0 bridgehead atoms. The second-order valence-corrected chi connectivity index (χ2v) is 5.48. The Kier molecular flexibility index (Phi) is 3.34. The van der Waals surface area contributed by atoms with Crippen LogP contribution in [0.25, 0.3) is 5.57 Å². The number of allylic oxidation sites excluding steroid dienone is 1. The van der Waals surface area contributed by atoms with Gasteiger partial charge in [0.15, 0.2) is 0 Å². The minimum atomic E-state index is -2.69. The van der Waals surface area contributed by atoms with Gasteiger partial charge >= 0.3 is 0 Å². The first-order valence-electron chi connectivity index (χ1n) is 4.83. The van der Waals surface area contributed by atoms with E-state index in [0.717, 1.165) is 17.4 Å². The third-order valence-corrected chi connectivity index (χ3v) is 3.69. The van der Waals surface area contributed by atoms with Gasteiger partial charge in [0.25, 0.3) is 5.92 Å². The fourth-order valence-corrected chi connectivity index (χ4v) is 1.96. The van der Waals surface area contributed by atoms with E-state index in [2.05, 4.69) is 6.58 Å². The number of alkyl halides is 2. The van der Waals surface area contributed by atoms with Gasteiger partial charge in [0, 0.05) is 10.3 Å². The molecule has 0 spiro atoms. The fraction of sp³-hybridized carbons (Fsp3) is 0.500. The lowest BCUT2D eigenvalue weighted by atomic mass is 9.80. The Morgan fingerprint density at radius 2 is 2.00 bits per heavy atom. The highest BCUT2D eigenvalue weighted by atomic mass is 32.1. The van der Waals surface area contributed by atoms with Crippen molar-refractivity contribution < 1.29 is 8.78 Å². The average Bonchev–Trinajstić information content (AvgIpc) is 2.51. The molecular weight excluding hydrogens is 214 g/mol. The second kappa shape index (κ2) is 4.05. The lowest BCUT2D eigenvalue weighted by Crippen LogP contribution is -2.33. The number of hydrogen-bond donors (Lipinski definition) is 0. The van der Waals surface area contributed by atoms with Crippen LogP contribution in [-0.2, 0) is 0 Å². The summed E-state index contributed by atoms with van der Waals surface area (Å²) in [5, 5.41) is 1.93. The zero-order valence-corrected chi connectivity index (χ0v) is 10.1. The Morgan fingerprint density at radius 1 is 1.40 bits per heavy atom. The highest BCUT2D eigenvalue weighted by Crippen LogP contribution is 2.42. The zero-order chi connectivity index (χ0) is 11.7. The van der Waals surface area contributed by atoms with Crippen LogP contribution in [0, 0.1) is 5.41 Å². The van der Waals surface area contributed by atoms with E-state index in [0.29, 0.717) is 6.42 Å². The van der Waals surface area contributed by atoms with E-state index in [-0.39, 0.29) is 0 Å². The van der Waals surface area contributed by atoms with Crippen LogP contribution in [0.4, 0.5) is 8.78 Å². The summed E-state index contributed by atoms with van der Waals surface area (Å²) in [4.78, 5) is 0.993. The van der Waals surface area contributed by atoms with Gasteiger partial charge in [-0.3, -0.25) is 0 Å². The highest BCUT2D eigenvalue weighted by molar-refractivity contribution is 7.11. The van der Waals surface area contributed by atoms with Crippen molar-refractivity contribution in [3.8, 4) is 0 Å². The van der Waals surface area contributed by atoms with Crippen molar-refractivity contribution in [2.24, 2.45) is 5.41 Å². The monoisotopic (exact) mass is 230 g/mol. The van der Waals surface area contributed by atoms with Crippen molar-refractivity contribution >= 4 is 16.9 Å². The number of thiophene rings is 1. The maximum Gasteiger partial charge on any atom is 0.250 e. The third-order valence-electron chi connectivity index (χ3n) is 2.71. The van der Waals surface area contributed by atoms with Gasteiger partial charge in [-0.25, -0.2) is 8.78 Å². The minimum Gasteiger partial charge on any atom is -0.207 e. The molecule has 3 heteroatoms. The molecule has 1 aromatic rings. The Morgan fingerprint density at radius 3 is 2.40 bits per heavy atom. The van der Waals surface area contributed by atoms with Crippen molar-refractivity contribution in [2.75, 3.05) is 0 Å². The smallest absolute Gasteiger partial charge is 0.207 e. The predicted octanol–water partition coefficient (Wildman–Crippen LogP) is 4.83. The summed E-state index contributed by atoms with van der Waals surface area (Å²) in [6.45, 7) is 7.99. The van der Waals surface area contributed by atoms with Gasteiger partial charge in [-0.1, -0.05) is 26.5 Å². The summed E-state index contributed by atoms with van der Waals surface area (Å²) in [6.07, 6.45) is 0.316. The van der Waals surface area contributed by atoms with Crippen molar-refractivity contribution in [2.45, 2.75) is 33.1 Å². The van der Waals surface area contributed by atoms with E-state index in [9.17, 15) is 8.78 Å². The lowest BCUT2D eigenvalue weighted by Gasteiger charge is -2.31. The quantitative estimate of drug-likeness (QED) is 0.694. The molecule has 0 saturated carbocycles. The maximum atomic E-state index is 13.3. The largest absolute Gasteiger partial charge is 0.250 e. The molecule has 0 fully saturated rings. The number of rotatable bonds is 4. The van der Waals surface area contributed by atoms with Crippen molar-refractivity contribution in [1.29, 1.82) is 0 Å². The molecule has 84 valence electrons. The van der Waals surface area contributed by atoms with Crippen LogP contribution < -0.4 is 0 Å². The first-order chi connectivity index (χ1) is 6.74. The van der Waals surface area contributed by atoms with E-state index in [1.165, 1.54) is 11.3 Å². The van der Waals surface area contributed by atoms with Crippen LogP contribution in [0.1, 0.15) is 32.1 Å². The SMILES string of the molecule is C=C(CC(C)(C)C(C)(F)F)c1cccs1. The molecule has 0 aliphatic rings. The Balaban J connectivity index is 2.75. The molecule has 0 unspecified atom stereocenters. The molecule has 1 rings (SSSR count). The van der Waals surface area contributed by atoms with Crippen LogP contribution in [0.3, 0.4) is 0 Å². The lowest BCUT2D eigenvalue weighted by molar-refractivity contribution is -0.0855. The molecule has 0 aliphatic carbocycles. The van der Waals surface area contributed by atoms with Gasteiger partial charge in [0.05, 0.1) is 0 Å². The standard InChI is InChI=1S/C12H16F2S/c1-9(10-6-5-7-15-10)8-11(2,3)12(4,13)14/h5-7H,1,8H2,2-4H3. The maximum absolute atomic E-state index is 13.3. The first-order valence-corrected chi connectivity index (χ1v) is 5.71. The van der Waals surface area contributed by atoms with Crippen LogP contribution in [0.15, 0.2) is 24.1 Å². The van der Waals surface area contributed by atoms with Crippen molar-refractivity contribution in [3.05, 3.63) is 29.0 Å². The summed E-state index contributed by atoms with van der Waals surface area (Å²) in [5.41, 5.74) is -0.259. The molecular formula is C12H16F2S. The van der Waals surface area contributed by atoms with Gasteiger partial charge in [-0.15, -0.1) is 11.3 Å². The molecule has 0 nitrogen and oxygen atoms in total. The molecule has 0 aromatic carbocycles. The van der Waals surface area contributed by atoms with Gasteiger partial charge in [0.1, 0.15) is 0 Å². The van der Waals surface area contributed by atoms with Crippen LogP contribution in [-0.4, -0.2) is 5.92 Å². The third kappa shape index (κ3) is 2.88. The molecule has 0 amide bonds. The van der Waals surface area contributed by atoms with Gasteiger partial charge < -0.3 is 0 Å². The summed E-state index contributed by atoms with van der Waals surface area (Å²) >= 11 is 1.54. The summed E-state index contributed by atoms with van der Waals surface area (Å²) < 4.78 is 26.5. The van der Waals surface area contributed by atoms with E-state index in [4.69, 9.17) is 0 Å². The zero-order valence-electron chi connectivity index (χ0n) is 9.31. The van der Waals surface area contributed by atoms with Crippen LogP contribution in [0.5, 0.6) is 0 Å². The highest BCUT2D eigenvalue weighted by Gasteiger charge is 2.42. The molecule has 0 N–H and O–H groups in total. The van der Waals surface area contributed by atoms with Crippen molar-refractivity contribution in [3.63, 3.8) is 0 Å². The molecule has 1 heterocycles. The Hall–Kier alpha value is -0.700. The fourth-order valence-electron chi connectivity index (χ4n) is 1.26. The number of halogens is 2. The molecule has 15 heavy (non-hydrogen) atoms. The van der Waals surface area contributed by atoms with Crippen LogP contribution >= 0.6 is 11.3 Å². The topological polar surface area (TPSA) is 0 Å². The normalized spacial score (nSPS) is 12.9. The molecule has 1 aromatic heterocycles. The first kappa shape index (κ1) is 12.4. The predicted molar refractivity (Wildman–Crippen MR) is 62.4 cm³/mol. The minimum absolute atomic E-state index is 0.316. The van der Waals surface area contributed by atoms with Crippen LogP contribution in [0.2, 0.25) is 0 Å². The average molecular weight is 230 g/mol. The number of hydrogen-bond acceptors (Lipinski definition) is 1. The van der Waals surface area contributed by atoms with E-state index < -0.39 is 11.3 Å². The summed E-state index contributed by atoms with van der Waals surface area (Å²) in [7, 11) is 0. The van der Waals surface area contributed by atoms with E-state index in [1.54, 1.807) is 13.8 Å². The van der Waals surface area contributed by atoms with E-state index in [1.807, 2.05) is 17.5 Å². The summed E-state index contributed by atoms with van der Waals surface area (Å²) in [5.74, 6) is -2.69. The van der Waals surface area contributed by atoms with Gasteiger partial charge in [0.2, 0.25) is 0 Å². The molecule has 0 aliphatic heterocycles. The van der Waals surface area contributed by atoms with Gasteiger partial charge in [-0.05, 0) is 30.4 Å². The molecule has 0 radical (unpaired) electrons. The Bertz CT molecular complexity index is 331. The summed E-state index contributed by atoms with van der Waals surface area (Å²) in [6, 6.07) is 3.82. The molecule has 0 atom stereocenters.